The van der Waals surface area contributed by atoms with E-state index >= 15 is 0 Å². The molecule has 0 aliphatic heterocycles. The molecule has 1 aromatic heterocycles. The third-order valence-corrected chi connectivity index (χ3v) is 2.24. The summed E-state index contributed by atoms with van der Waals surface area (Å²) >= 11 is 0. The van der Waals surface area contributed by atoms with Crippen LogP contribution in [0, 0.1) is 17.0 Å². The lowest BCUT2D eigenvalue weighted by Gasteiger charge is -2.02. The SMILES string of the molecule is COc1cc(-c2ncc(C)o2)ccc1[N+](=O)[O-]. The molecule has 2 aromatic rings. The van der Waals surface area contributed by atoms with Crippen molar-refractivity contribution in [1.29, 1.82) is 0 Å². The van der Waals surface area contributed by atoms with E-state index < -0.39 is 4.92 Å². The highest BCUT2D eigenvalue weighted by atomic mass is 16.6. The zero-order valence-corrected chi connectivity index (χ0v) is 9.34. The zero-order chi connectivity index (χ0) is 12.4. The van der Waals surface area contributed by atoms with E-state index in [1.165, 1.54) is 19.2 Å². The van der Waals surface area contributed by atoms with Crippen LogP contribution in [0.15, 0.2) is 28.8 Å². The van der Waals surface area contributed by atoms with Gasteiger partial charge >= 0.3 is 5.69 Å². The summed E-state index contributed by atoms with van der Waals surface area (Å²) in [7, 11) is 1.38. The third kappa shape index (κ3) is 2.10. The molecule has 0 saturated heterocycles. The molecular formula is C11H10N2O4. The van der Waals surface area contributed by atoms with Gasteiger partial charge in [0, 0.05) is 11.6 Å². The van der Waals surface area contributed by atoms with Gasteiger partial charge in [-0.3, -0.25) is 10.1 Å². The highest BCUT2D eigenvalue weighted by molar-refractivity contribution is 5.62. The van der Waals surface area contributed by atoms with Gasteiger partial charge < -0.3 is 9.15 Å². The molecule has 0 aliphatic rings. The molecule has 6 heteroatoms. The number of methoxy groups -OCH3 is 1. The zero-order valence-electron chi connectivity index (χ0n) is 9.34. The van der Waals surface area contributed by atoms with Crippen molar-refractivity contribution >= 4 is 5.69 Å². The van der Waals surface area contributed by atoms with Crippen molar-refractivity contribution in [3.63, 3.8) is 0 Å². The quantitative estimate of drug-likeness (QED) is 0.602. The molecule has 0 amide bonds. The number of ether oxygens (including phenoxy) is 1. The lowest BCUT2D eigenvalue weighted by molar-refractivity contribution is -0.385. The Hall–Kier alpha value is -2.37. The second kappa shape index (κ2) is 4.25. The average molecular weight is 234 g/mol. The standard InChI is InChI=1S/C11H10N2O4/c1-7-6-12-11(17-7)8-3-4-9(13(14)15)10(5-8)16-2/h3-6H,1-2H3. The second-order valence-corrected chi connectivity index (χ2v) is 3.42. The van der Waals surface area contributed by atoms with Gasteiger partial charge in [-0.1, -0.05) is 0 Å². The maximum absolute atomic E-state index is 10.7. The van der Waals surface area contributed by atoms with E-state index in [2.05, 4.69) is 4.98 Å². The van der Waals surface area contributed by atoms with Crippen molar-refractivity contribution in [3.8, 4) is 17.2 Å². The normalized spacial score (nSPS) is 10.2. The van der Waals surface area contributed by atoms with Crippen LogP contribution in [0.3, 0.4) is 0 Å². The van der Waals surface area contributed by atoms with Gasteiger partial charge in [0.2, 0.25) is 5.89 Å². The summed E-state index contributed by atoms with van der Waals surface area (Å²) in [5.74, 6) is 1.27. The number of nitrogens with zero attached hydrogens (tertiary/aromatic N) is 2. The molecule has 6 nitrogen and oxygen atoms in total. The smallest absolute Gasteiger partial charge is 0.310 e. The first-order chi connectivity index (χ1) is 8.11. The maximum Gasteiger partial charge on any atom is 0.310 e. The fourth-order valence-corrected chi connectivity index (χ4v) is 1.45. The lowest BCUT2D eigenvalue weighted by Crippen LogP contribution is -1.93. The van der Waals surface area contributed by atoms with Crippen molar-refractivity contribution in [1.82, 2.24) is 4.98 Å². The van der Waals surface area contributed by atoms with E-state index in [4.69, 9.17) is 9.15 Å². The molecule has 0 atom stereocenters. The number of hydrogen-bond donors (Lipinski definition) is 0. The Labute approximate surface area is 97.0 Å². The fourth-order valence-electron chi connectivity index (χ4n) is 1.45. The van der Waals surface area contributed by atoms with Crippen molar-refractivity contribution in [2.75, 3.05) is 7.11 Å². The fraction of sp³-hybridized carbons (Fsp3) is 0.182. The Bertz CT molecular complexity index is 562. The predicted octanol–water partition coefficient (Wildman–Crippen LogP) is 2.57. The number of hydrogen-bond acceptors (Lipinski definition) is 5. The van der Waals surface area contributed by atoms with Crippen LogP contribution in [-0.2, 0) is 0 Å². The van der Waals surface area contributed by atoms with E-state index in [1.54, 1.807) is 19.2 Å². The van der Waals surface area contributed by atoms with Crippen LogP contribution in [0.5, 0.6) is 5.75 Å². The van der Waals surface area contributed by atoms with Crippen LogP contribution in [0.2, 0.25) is 0 Å². The number of aryl methyl sites for hydroxylation is 1. The summed E-state index contributed by atoms with van der Waals surface area (Å²) in [6.07, 6.45) is 1.59. The largest absolute Gasteiger partial charge is 0.490 e. The Balaban J connectivity index is 2.48. The first-order valence-electron chi connectivity index (χ1n) is 4.87. The van der Waals surface area contributed by atoms with Gasteiger partial charge in [-0.15, -0.1) is 0 Å². The van der Waals surface area contributed by atoms with E-state index in [9.17, 15) is 10.1 Å². The Morgan fingerprint density at radius 3 is 2.76 bits per heavy atom. The molecule has 88 valence electrons. The topological polar surface area (TPSA) is 78.4 Å². The number of nitro benzene ring substituents is 1. The molecule has 0 N–H and O–H groups in total. The molecule has 0 aliphatic carbocycles. The van der Waals surface area contributed by atoms with Gasteiger partial charge in [-0.05, 0) is 19.1 Å². The first kappa shape index (κ1) is 11.1. The van der Waals surface area contributed by atoms with Crippen molar-refractivity contribution in [3.05, 3.63) is 40.3 Å². The highest BCUT2D eigenvalue weighted by Crippen LogP contribution is 2.31. The molecule has 0 spiro atoms. The maximum atomic E-state index is 10.7. The Kier molecular flexibility index (Phi) is 2.78. The summed E-state index contributed by atoms with van der Waals surface area (Å²) in [5, 5.41) is 10.7. The van der Waals surface area contributed by atoms with Crippen LogP contribution in [0.25, 0.3) is 11.5 Å². The number of nitro groups is 1. The van der Waals surface area contributed by atoms with Crippen LogP contribution in [0.1, 0.15) is 5.76 Å². The van der Waals surface area contributed by atoms with E-state index in [1.807, 2.05) is 0 Å². The molecule has 2 rings (SSSR count). The Morgan fingerprint density at radius 2 is 2.24 bits per heavy atom. The summed E-state index contributed by atoms with van der Waals surface area (Å²) < 4.78 is 10.3. The van der Waals surface area contributed by atoms with Gasteiger partial charge in [-0.2, -0.15) is 0 Å². The molecule has 17 heavy (non-hydrogen) atoms. The van der Waals surface area contributed by atoms with Gasteiger partial charge in [0.25, 0.3) is 0 Å². The van der Waals surface area contributed by atoms with Crippen LogP contribution in [0.4, 0.5) is 5.69 Å². The molecule has 0 bridgehead atoms. The van der Waals surface area contributed by atoms with Crippen molar-refractivity contribution in [2.24, 2.45) is 0 Å². The number of rotatable bonds is 3. The van der Waals surface area contributed by atoms with Gasteiger partial charge in [0.05, 0.1) is 18.2 Å². The number of benzene rings is 1. The molecule has 0 radical (unpaired) electrons. The van der Waals surface area contributed by atoms with E-state index in [0.29, 0.717) is 17.2 Å². The molecule has 0 saturated carbocycles. The Morgan fingerprint density at radius 1 is 1.47 bits per heavy atom. The van der Waals surface area contributed by atoms with Crippen molar-refractivity contribution < 1.29 is 14.1 Å². The minimum atomic E-state index is -0.497. The molecule has 1 heterocycles. The number of aromatic nitrogens is 1. The van der Waals surface area contributed by atoms with Crippen LogP contribution >= 0.6 is 0 Å². The van der Waals surface area contributed by atoms with Gasteiger partial charge in [-0.25, -0.2) is 4.98 Å². The first-order valence-corrected chi connectivity index (χ1v) is 4.87. The summed E-state index contributed by atoms with van der Waals surface area (Å²) in [6.45, 7) is 1.78. The second-order valence-electron chi connectivity index (χ2n) is 3.42. The molecule has 1 aromatic carbocycles. The lowest BCUT2D eigenvalue weighted by atomic mass is 10.2. The average Bonchev–Trinajstić information content (AvgIpc) is 2.75. The summed E-state index contributed by atoms with van der Waals surface area (Å²) in [4.78, 5) is 14.3. The van der Waals surface area contributed by atoms with Gasteiger partial charge in [0.1, 0.15) is 5.76 Å². The van der Waals surface area contributed by atoms with Crippen LogP contribution in [-0.4, -0.2) is 17.0 Å². The minimum Gasteiger partial charge on any atom is -0.490 e. The third-order valence-electron chi connectivity index (χ3n) is 2.24. The van der Waals surface area contributed by atoms with E-state index in [-0.39, 0.29) is 11.4 Å². The highest BCUT2D eigenvalue weighted by Gasteiger charge is 2.16. The van der Waals surface area contributed by atoms with Crippen LogP contribution < -0.4 is 4.74 Å². The van der Waals surface area contributed by atoms with E-state index in [0.717, 1.165) is 0 Å². The molecule has 0 fully saturated rings. The number of oxazole rings is 1. The van der Waals surface area contributed by atoms with Crippen molar-refractivity contribution in [2.45, 2.75) is 6.92 Å². The minimum absolute atomic E-state index is 0.0838. The molecular weight excluding hydrogens is 224 g/mol. The summed E-state index contributed by atoms with van der Waals surface area (Å²) in [6, 6.07) is 4.48. The van der Waals surface area contributed by atoms with Gasteiger partial charge in [0.15, 0.2) is 5.75 Å². The monoisotopic (exact) mass is 234 g/mol. The summed E-state index contributed by atoms with van der Waals surface area (Å²) in [5.41, 5.74) is 0.556. The molecule has 0 unspecified atom stereocenters. The predicted molar refractivity (Wildman–Crippen MR) is 59.9 cm³/mol.